The molecule has 0 N–H and O–H groups in total. The van der Waals surface area contributed by atoms with Crippen molar-refractivity contribution in [2.75, 3.05) is 13.7 Å². The Bertz CT molecular complexity index is 964. The number of nitrogens with zero attached hydrogens (tertiary/aromatic N) is 3. The topological polar surface area (TPSA) is 65.7 Å². The molecular formula is C19H23N3O3S. The Kier molecular flexibility index (Phi) is 6.22. The number of hydrogen-bond donors (Lipinski definition) is 0. The molecule has 0 unspecified atom stereocenters. The second kappa shape index (κ2) is 8.80. The summed E-state index contributed by atoms with van der Waals surface area (Å²) < 4.78 is 13.2. The summed E-state index contributed by atoms with van der Waals surface area (Å²) in [6.45, 7) is 2.89. The van der Waals surface area contributed by atoms with Crippen LogP contribution in [-0.4, -0.2) is 28.3 Å². The molecule has 1 aromatic carbocycles. The zero-order valence-corrected chi connectivity index (χ0v) is 15.9. The van der Waals surface area contributed by atoms with Crippen LogP contribution in [0.4, 0.5) is 0 Å². The van der Waals surface area contributed by atoms with Gasteiger partial charge in [0.25, 0.3) is 5.56 Å². The van der Waals surface area contributed by atoms with Crippen molar-refractivity contribution in [2.24, 2.45) is 0 Å². The Morgan fingerprint density at radius 2 is 2.04 bits per heavy atom. The lowest BCUT2D eigenvalue weighted by Gasteiger charge is -2.11. The van der Waals surface area contributed by atoms with Crippen LogP contribution in [0, 0.1) is 0 Å². The minimum atomic E-state index is -0.158. The molecule has 0 atom stereocenters. The van der Waals surface area contributed by atoms with E-state index in [4.69, 9.17) is 9.47 Å². The molecule has 7 heteroatoms. The highest BCUT2D eigenvalue weighted by atomic mass is 32.1. The Hall–Kier alpha value is -2.41. The number of ether oxygens (including phenoxy) is 2. The Morgan fingerprint density at radius 1 is 1.19 bits per heavy atom. The van der Waals surface area contributed by atoms with Crippen molar-refractivity contribution in [1.29, 1.82) is 0 Å². The van der Waals surface area contributed by atoms with Crippen molar-refractivity contribution in [1.82, 2.24) is 14.6 Å². The van der Waals surface area contributed by atoms with E-state index in [0.29, 0.717) is 21.8 Å². The van der Waals surface area contributed by atoms with Gasteiger partial charge in [0.2, 0.25) is 4.96 Å². The van der Waals surface area contributed by atoms with Crippen LogP contribution in [0.2, 0.25) is 0 Å². The van der Waals surface area contributed by atoms with E-state index in [9.17, 15) is 4.79 Å². The number of benzene rings is 1. The second-order valence-electron chi connectivity index (χ2n) is 6.04. The highest BCUT2D eigenvalue weighted by Gasteiger charge is 2.08. The normalized spacial score (nSPS) is 12.0. The van der Waals surface area contributed by atoms with Crippen molar-refractivity contribution in [3.63, 3.8) is 0 Å². The largest absolute Gasteiger partial charge is 0.493 e. The first-order chi connectivity index (χ1) is 12.7. The molecule has 0 radical (unpaired) electrons. The molecule has 2 heterocycles. The molecule has 0 aliphatic carbocycles. The van der Waals surface area contributed by atoms with Crippen LogP contribution in [0.3, 0.4) is 0 Å². The van der Waals surface area contributed by atoms with Crippen molar-refractivity contribution in [3.05, 3.63) is 45.0 Å². The third kappa shape index (κ3) is 4.22. The highest BCUT2D eigenvalue weighted by Crippen LogP contribution is 2.28. The minimum absolute atomic E-state index is 0.158. The summed E-state index contributed by atoms with van der Waals surface area (Å²) >= 11 is 1.32. The molecule has 2 aromatic heterocycles. The molecule has 138 valence electrons. The molecule has 0 aliphatic rings. The van der Waals surface area contributed by atoms with Gasteiger partial charge < -0.3 is 9.47 Å². The van der Waals surface area contributed by atoms with Gasteiger partial charge in [0.1, 0.15) is 6.33 Å². The number of thiazole rings is 1. The lowest BCUT2D eigenvalue weighted by Crippen LogP contribution is -2.23. The molecule has 0 saturated heterocycles. The molecule has 0 aliphatic heterocycles. The fourth-order valence-electron chi connectivity index (χ4n) is 2.71. The number of rotatable bonds is 9. The average Bonchev–Trinajstić information content (AvgIpc) is 3.22. The molecule has 0 spiro atoms. The minimum Gasteiger partial charge on any atom is -0.493 e. The molecule has 0 saturated carbocycles. The van der Waals surface area contributed by atoms with Gasteiger partial charge in [0.15, 0.2) is 11.5 Å². The number of fused-ring (bicyclic) bond motifs is 1. The fourth-order valence-corrected chi connectivity index (χ4v) is 3.59. The summed E-state index contributed by atoms with van der Waals surface area (Å²) in [6, 6.07) is 5.68. The number of aromatic nitrogens is 3. The maximum absolute atomic E-state index is 12.2. The van der Waals surface area contributed by atoms with E-state index in [1.165, 1.54) is 47.9 Å². The van der Waals surface area contributed by atoms with Gasteiger partial charge in [-0.05, 0) is 30.2 Å². The van der Waals surface area contributed by atoms with E-state index in [2.05, 4.69) is 17.0 Å². The quantitative estimate of drug-likeness (QED) is 0.539. The average molecular weight is 373 g/mol. The molecule has 0 amide bonds. The van der Waals surface area contributed by atoms with Gasteiger partial charge in [-0.1, -0.05) is 50.0 Å². The first-order valence-electron chi connectivity index (χ1n) is 8.88. The van der Waals surface area contributed by atoms with Crippen LogP contribution in [0.15, 0.2) is 29.3 Å². The fraction of sp³-hybridized carbons (Fsp3) is 0.421. The highest BCUT2D eigenvalue weighted by molar-refractivity contribution is 7.15. The van der Waals surface area contributed by atoms with E-state index < -0.39 is 0 Å². The van der Waals surface area contributed by atoms with Gasteiger partial charge >= 0.3 is 0 Å². The summed E-state index contributed by atoms with van der Waals surface area (Å²) in [4.78, 5) is 16.9. The molecule has 3 aromatic rings. The molecule has 0 bridgehead atoms. The van der Waals surface area contributed by atoms with Crippen molar-refractivity contribution in [3.8, 4) is 11.5 Å². The van der Waals surface area contributed by atoms with Gasteiger partial charge in [-0.25, -0.2) is 4.98 Å². The standard InChI is InChI=1S/C19H23N3O3S/c1-3-4-5-6-7-10-25-15-9-8-14(11-16(15)24-2)12-17-18(23)22-19(26-17)20-13-21-22/h8-9,11-13H,3-7,10H2,1-2H3. The first-order valence-corrected chi connectivity index (χ1v) is 9.69. The maximum atomic E-state index is 12.2. The zero-order valence-electron chi connectivity index (χ0n) is 15.1. The Labute approximate surface area is 156 Å². The van der Waals surface area contributed by atoms with Gasteiger partial charge in [0, 0.05) is 0 Å². The first kappa shape index (κ1) is 18.4. The van der Waals surface area contributed by atoms with Crippen molar-refractivity contribution in [2.45, 2.75) is 39.0 Å². The van der Waals surface area contributed by atoms with Crippen LogP contribution < -0.4 is 19.6 Å². The van der Waals surface area contributed by atoms with Crippen LogP contribution in [0.1, 0.15) is 44.6 Å². The lowest BCUT2D eigenvalue weighted by molar-refractivity contribution is 0.285. The lowest BCUT2D eigenvalue weighted by atomic mass is 10.1. The van der Waals surface area contributed by atoms with Gasteiger partial charge in [-0.2, -0.15) is 9.61 Å². The predicted octanol–water partition coefficient (Wildman–Crippen LogP) is 3.06. The van der Waals surface area contributed by atoms with E-state index in [0.717, 1.165) is 17.7 Å². The molecule has 26 heavy (non-hydrogen) atoms. The van der Waals surface area contributed by atoms with E-state index in [1.807, 2.05) is 24.3 Å². The van der Waals surface area contributed by atoms with Crippen LogP contribution in [-0.2, 0) is 0 Å². The monoisotopic (exact) mass is 373 g/mol. The number of methoxy groups -OCH3 is 1. The third-order valence-electron chi connectivity index (χ3n) is 4.11. The Balaban J connectivity index is 1.72. The third-order valence-corrected chi connectivity index (χ3v) is 5.09. The van der Waals surface area contributed by atoms with Crippen LogP contribution in [0.5, 0.6) is 11.5 Å². The number of hydrogen-bond acceptors (Lipinski definition) is 6. The van der Waals surface area contributed by atoms with Crippen LogP contribution in [0.25, 0.3) is 11.0 Å². The molecule has 3 rings (SSSR count). The SMILES string of the molecule is CCCCCCCOc1ccc(C=c2sc3ncnn3c2=O)cc1OC. The molecule has 0 fully saturated rings. The second-order valence-corrected chi connectivity index (χ2v) is 7.05. The van der Waals surface area contributed by atoms with Gasteiger partial charge in [-0.3, -0.25) is 4.79 Å². The Morgan fingerprint density at radius 3 is 2.81 bits per heavy atom. The van der Waals surface area contributed by atoms with Gasteiger partial charge in [0.05, 0.1) is 18.2 Å². The van der Waals surface area contributed by atoms with E-state index >= 15 is 0 Å². The number of unbranched alkanes of at least 4 members (excludes halogenated alkanes) is 4. The summed E-state index contributed by atoms with van der Waals surface area (Å²) in [7, 11) is 1.62. The van der Waals surface area contributed by atoms with E-state index in [-0.39, 0.29) is 5.56 Å². The van der Waals surface area contributed by atoms with E-state index in [1.54, 1.807) is 7.11 Å². The molecule has 6 nitrogen and oxygen atoms in total. The molecular weight excluding hydrogens is 350 g/mol. The van der Waals surface area contributed by atoms with Crippen molar-refractivity contribution < 1.29 is 9.47 Å². The van der Waals surface area contributed by atoms with Gasteiger partial charge in [-0.15, -0.1) is 0 Å². The van der Waals surface area contributed by atoms with Crippen molar-refractivity contribution >= 4 is 22.4 Å². The van der Waals surface area contributed by atoms with Crippen LogP contribution >= 0.6 is 11.3 Å². The summed E-state index contributed by atoms with van der Waals surface area (Å²) in [6.07, 6.45) is 9.19. The summed E-state index contributed by atoms with van der Waals surface area (Å²) in [5.74, 6) is 1.39. The smallest absolute Gasteiger partial charge is 0.291 e. The summed E-state index contributed by atoms with van der Waals surface area (Å²) in [5, 5.41) is 3.93. The predicted molar refractivity (Wildman–Crippen MR) is 103 cm³/mol. The summed E-state index contributed by atoms with van der Waals surface area (Å²) in [5.41, 5.74) is 0.715. The maximum Gasteiger partial charge on any atom is 0.291 e. The zero-order chi connectivity index (χ0) is 18.4.